The molecule has 1 aliphatic heterocycles. The Hall–Kier alpha value is -3.65. The molecule has 3 aromatic rings. The van der Waals surface area contributed by atoms with Crippen LogP contribution in [0.4, 0.5) is 5.69 Å². The largest absolute Gasteiger partial charge is 0.350 e. The molecule has 7 nitrogen and oxygen atoms in total. The van der Waals surface area contributed by atoms with Gasteiger partial charge in [0.05, 0.1) is 10.6 Å². The highest BCUT2D eigenvalue weighted by atomic mass is 32.2. The summed E-state index contributed by atoms with van der Waals surface area (Å²) in [5, 5.41) is 2.85. The third-order valence-electron chi connectivity index (χ3n) is 6.32. The number of carbonyl (C=O) groups excluding carboxylic acids is 2. The standard InChI is InChI=1S/C28H31N3O4S/c1-2-24-9-6-7-12-26(24)31(36(34,35)25-10-4-3-5-11-25)21-27(32)29-19-22-14-16-23(17-15-22)20-30-18-8-13-28(30)33/h3-7,9-12,14-17H,2,8,13,18-21H2,1H3,(H,29,32). The van der Waals surface area contributed by atoms with Crippen molar-refractivity contribution in [3.63, 3.8) is 0 Å². The summed E-state index contributed by atoms with van der Waals surface area (Å²) in [6, 6.07) is 23.1. The van der Waals surface area contributed by atoms with E-state index in [-0.39, 0.29) is 23.9 Å². The summed E-state index contributed by atoms with van der Waals surface area (Å²) in [6.45, 7) is 3.28. The van der Waals surface area contributed by atoms with Gasteiger partial charge in [0, 0.05) is 26.1 Å². The molecule has 0 saturated carbocycles. The zero-order valence-electron chi connectivity index (χ0n) is 20.4. The summed E-state index contributed by atoms with van der Waals surface area (Å²) in [7, 11) is -3.95. The van der Waals surface area contributed by atoms with Crippen LogP contribution >= 0.6 is 0 Å². The second-order valence-electron chi connectivity index (χ2n) is 8.82. The quantitative estimate of drug-likeness (QED) is 0.453. The number of amides is 2. The molecular formula is C28H31N3O4S. The van der Waals surface area contributed by atoms with Crippen LogP contribution in [0.3, 0.4) is 0 Å². The van der Waals surface area contributed by atoms with Crippen molar-refractivity contribution in [2.45, 2.75) is 44.2 Å². The number of para-hydroxylation sites is 1. The van der Waals surface area contributed by atoms with E-state index in [9.17, 15) is 18.0 Å². The van der Waals surface area contributed by atoms with Crippen molar-refractivity contribution in [1.82, 2.24) is 10.2 Å². The van der Waals surface area contributed by atoms with Crippen LogP contribution in [0.1, 0.15) is 36.5 Å². The lowest BCUT2D eigenvalue weighted by Gasteiger charge is -2.26. The number of sulfonamides is 1. The zero-order valence-corrected chi connectivity index (χ0v) is 21.2. The van der Waals surface area contributed by atoms with Crippen molar-refractivity contribution >= 4 is 27.5 Å². The topological polar surface area (TPSA) is 86.8 Å². The second-order valence-corrected chi connectivity index (χ2v) is 10.7. The van der Waals surface area contributed by atoms with E-state index in [1.54, 1.807) is 30.3 Å². The number of benzene rings is 3. The van der Waals surface area contributed by atoms with Crippen LogP contribution in [0, 0.1) is 0 Å². The first-order chi connectivity index (χ1) is 17.4. The van der Waals surface area contributed by atoms with Crippen molar-refractivity contribution in [2.24, 2.45) is 0 Å². The Labute approximate surface area is 212 Å². The lowest BCUT2D eigenvalue weighted by atomic mass is 10.1. The summed E-state index contributed by atoms with van der Waals surface area (Å²) in [5.74, 6) is -0.210. The lowest BCUT2D eigenvalue weighted by molar-refractivity contribution is -0.128. The molecule has 8 heteroatoms. The van der Waals surface area contributed by atoms with Gasteiger partial charge in [-0.25, -0.2) is 8.42 Å². The van der Waals surface area contributed by atoms with Gasteiger partial charge in [-0.1, -0.05) is 67.6 Å². The third kappa shape index (κ3) is 5.94. The Morgan fingerprint density at radius 2 is 1.61 bits per heavy atom. The molecule has 0 spiro atoms. The van der Waals surface area contributed by atoms with E-state index in [0.717, 1.165) is 29.7 Å². The van der Waals surface area contributed by atoms with Crippen LogP contribution in [0.5, 0.6) is 0 Å². The van der Waals surface area contributed by atoms with Gasteiger partial charge in [0.15, 0.2) is 0 Å². The molecule has 3 aromatic carbocycles. The van der Waals surface area contributed by atoms with Crippen molar-refractivity contribution < 1.29 is 18.0 Å². The van der Waals surface area contributed by atoms with Gasteiger partial charge in [0.25, 0.3) is 10.0 Å². The first-order valence-corrected chi connectivity index (χ1v) is 13.6. The van der Waals surface area contributed by atoms with Crippen molar-refractivity contribution in [3.05, 3.63) is 95.6 Å². The number of hydrogen-bond donors (Lipinski definition) is 1. The molecule has 4 rings (SSSR count). The van der Waals surface area contributed by atoms with Crippen molar-refractivity contribution in [1.29, 1.82) is 0 Å². The number of aryl methyl sites for hydroxylation is 1. The third-order valence-corrected chi connectivity index (χ3v) is 8.09. The van der Waals surface area contributed by atoms with Crippen LogP contribution in [0.15, 0.2) is 83.8 Å². The predicted molar refractivity (Wildman–Crippen MR) is 140 cm³/mol. The summed E-state index contributed by atoms with van der Waals surface area (Å²) in [5.41, 5.74) is 3.28. The molecule has 0 radical (unpaired) electrons. The molecule has 1 heterocycles. The predicted octanol–water partition coefficient (Wildman–Crippen LogP) is 3.88. The van der Waals surface area contributed by atoms with Crippen molar-refractivity contribution in [2.75, 3.05) is 17.4 Å². The summed E-state index contributed by atoms with van der Waals surface area (Å²) >= 11 is 0. The van der Waals surface area contributed by atoms with E-state index in [1.165, 1.54) is 16.4 Å². The van der Waals surface area contributed by atoms with Gasteiger partial charge in [-0.2, -0.15) is 0 Å². The highest BCUT2D eigenvalue weighted by Crippen LogP contribution is 2.27. The molecule has 0 unspecified atom stereocenters. The molecule has 2 amide bonds. The number of nitrogens with one attached hydrogen (secondary N) is 1. The van der Waals surface area contributed by atoms with Crippen molar-refractivity contribution in [3.8, 4) is 0 Å². The summed E-state index contributed by atoms with van der Waals surface area (Å²) in [6.07, 6.45) is 2.15. The summed E-state index contributed by atoms with van der Waals surface area (Å²) < 4.78 is 28.2. The molecule has 36 heavy (non-hydrogen) atoms. The number of nitrogens with zero attached hydrogens (tertiary/aromatic N) is 2. The molecular weight excluding hydrogens is 474 g/mol. The molecule has 0 aliphatic carbocycles. The highest BCUT2D eigenvalue weighted by molar-refractivity contribution is 7.92. The maximum Gasteiger partial charge on any atom is 0.264 e. The van der Waals surface area contributed by atoms with E-state index in [2.05, 4.69) is 5.32 Å². The molecule has 1 aliphatic rings. The molecule has 1 N–H and O–H groups in total. The number of carbonyl (C=O) groups is 2. The average molecular weight is 506 g/mol. The fourth-order valence-electron chi connectivity index (χ4n) is 4.31. The van der Waals surface area contributed by atoms with Gasteiger partial charge < -0.3 is 10.2 Å². The van der Waals surface area contributed by atoms with Crippen LogP contribution in [-0.4, -0.2) is 38.2 Å². The fraction of sp³-hybridized carbons (Fsp3) is 0.286. The van der Waals surface area contributed by atoms with Crippen LogP contribution in [0.25, 0.3) is 0 Å². The maximum absolute atomic E-state index is 13.5. The Balaban J connectivity index is 1.46. The monoisotopic (exact) mass is 505 g/mol. The van der Waals surface area contributed by atoms with E-state index in [4.69, 9.17) is 0 Å². The minimum Gasteiger partial charge on any atom is -0.350 e. The molecule has 0 bridgehead atoms. The average Bonchev–Trinajstić information content (AvgIpc) is 3.31. The van der Waals surface area contributed by atoms with E-state index in [1.807, 2.05) is 48.2 Å². The van der Waals surface area contributed by atoms with Crippen LogP contribution in [-0.2, 0) is 39.1 Å². The number of hydrogen-bond acceptors (Lipinski definition) is 4. The molecule has 1 fully saturated rings. The molecule has 188 valence electrons. The number of rotatable bonds is 10. The molecule has 0 aromatic heterocycles. The van der Waals surface area contributed by atoms with Gasteiger partial charge in [0.1, 0.15) is 6.54 Å². The normalized spacial score (nSPS) is 13.6. The zero-order chi connectivity index (χ0) is 25.5. The Morgan fingerprint density at radius 1 is 0.944 bits per heavy atom. The maximum atomic E-state index is 13.5. The Morgan fingerprint density at radius 3 is 2.28 bits per heavy atom. The second kappa shape index (κ2) is 11.4. The SMILES string of the molecule is CCc1ccccc1N(CC(=O)NCc1ccc(CN2CCCC2=O)cc1)S(=O)(=O)c1ccccc1. The lowest BCUT2D eigenvalue weighted by Crippen LogP contribution is -2.41. The van der Waals surface area contributed by atoms with Gasteiger partial charge in [-0.3, -0.25) is 13.9 Å². The smallest absolute Gasteiger partial charge is 0.264 e. The minimum absolute atomic E-state index is 0.135. The Bertz CT molecular complexity index is 1310. The first kappa shape index (κ1) is 25.4. The number of anilines is 1. The Kier molecular flexibility index (Phi) is 8.05. The van der Waals surface area contributed by atoms with E-state index < -0.39 is 15.9 Å². The molecule has 1 saturated heterocycles. The van der Waals surface area contributed by atoms with Crippen LogP contribution in [0.2, 0.25) is 0 Å². The van der Waals surface area contributed by atoms with Gasteiger partial charge in [0.2, 0.25) is 11.8 Å². The minimum atomic E-state index is -3.95. The highest BCUT2D eigenvalue weighted by Gasteiger charge is 2.28. The first-order valence-electron chi connectivity index (χ1n) is 12.2. The van der Waals surface area contributed by atoms with Crippen LogP contribution < -0.4 is 9.62 Å². The fourth-order valence-corrected chi connectivity index (χ4v) is 5.79. The molecule has 0 atom stereocenters. The summed E-state index contributed by atoms with van der Waals surface area (Å²) in [4.78, 5) is 26.8. The number of likely N-dealkylation sites (tertiary alicyclic amines) is 1. The van der Waals surface area contributed by atoms with E-state index >= 15 is 0 Å². The van der Waals surface area contributed by atoms with Gasteiger partial charge in [-0.05, 0) is 47.7 Å². The van der Waals surface area contributed by atoms with E-state index in [0.29, 0.717) is 25.1 Å². The van der Waals surface area contributed by atoms with Gasteiger partial charge in [-0.15, -0.1) is 0 Å². The van der Waals surface area contributed by atoms with Gasteiger partial charge >= 0.3 is 0 Å².